The molecule has 3 amide bonds. The highest BCUT2D eigenvalue weighted by Gasteiger charge is 2.39. The number of aromatic nitrogens is 3. The predicted octanol–water partition coefficient (Wildman–Crippen LogP) is 3.90. The molecule has 3 heterocycles. The van der Waals surface area contributed by atoms with E-state index in [0.717, 1.165) is 18.9 Å². The van der Waals surface area contributed by atoms with E-state index in [1.165, 1.54) is 10.6 Å². The fourth-order valence-corrected chi connectivity index (χ4v) is 3.51. The molecule has 0 bridgehead atoms. The summed E-state index contributed by atoms with van der Waals surface area (Å²) >= 11 is 6.02. The standard InChI is InChI=1S/C20H15ClF3N7O2/c21-9-2-1-3-11(6-9)25-14-8-31-13(7-12-18(32)30-19(33)27-12)15(20(22,23)24)29-17(31)16(28-14)26-10-4-5-10/h1-3,6-8,10,25H,4-5H2,(H,26,28)(H2,27,30,32,33). The van der Waals surface area contributed by atoms with E-state index < -0.39 is 29.5 Å². The highest BCUT2D eigenvalue weighted by Crippen LogP contribution is 2.36. The third kappa shape index (κ3) is 4.29. The number of hydrogen-bond acceptors (Lipinski definition) is 6. The van der Waals surface area contributed by atoms with Gasteiger partial charge >= 0.3 is 12.2 Å². The molecule has 3 aromatic rings. The number of carbonyl (C=O) groups excluding carboxylic acids is 2. The minimum absolute atomic E-state index is 0.0672. The average Bonchev–Trinajstić information content (AvgIpc) is 3.37. The van der Waals surface area contributed by atoms with Gasteiger partial charge in [-0.3, -0.25) is 14.5 Å². The molecule has 1 aliphatic heterocycles. The molecule has 2 aliphatic rings. The Morgan fingerprint density at radius 3 is 2.61 bits per heavy atom. The number of alkyl halides is 3. The van der Waals surface area contributed by atoms with Crippen molar-refractivity contribution in [3.63, 3.8) is 0 Å². The molecule has 33 heavy (non-hydrogen) atoms. The number of imide groups is 1. The van der Waals surface area contributed by atoms with E-state index in [-0.39, 0.29) is 29.0 Å². The molecule has 1 saturated heterocycles. The lowest BCUT2D eigenvalue weighted by Gasteiger charge is -2.12. The van der Waals surface area contributed by atoms with Crippen molar-refractivity contribution < 1.29 is 22.8 Å². The molecule has 13 heteroatoms. The zero-order valence-corrected chi connectivity index (χ0v) is 17.4. The van der Waals surface area contributed by atoms with Crippen LogP contribution < -0.4 is 21.3 Å². The van der Waals surface area contributed by atoms with E-state index in [9.17, 15) is 22.8 Å². The fraction of sp³-hybridized carbons (Fsp3) is 0.200. The first-order chi connectivity index (χ1) is 15.7. The van der Waals surface area contributed by atoms with E-state index >= 15 is 0 Å². The number of rotatable bonds is 5. The van der Waals surface area contributed by atoms with E-state index in [1.54, 1.807) is 24.3 Å². The van der Waals surface area contributed by atoms with Crippen LogP contribution in [0, 0.1) is 0 Å². The highest BCUT2D eigenvalue weighted by molar-refractivity contribution is 6.30. The Bertz CT molecular complexity index is 1330. The number of carbonyl (C=O) groups is 2. The summed E-state index contributed by atoms with van der Waals surface area (Å²) in [7, 11) is 0. The molecule has 0 unspecified atom stereocenters. The van der Waals surface area contributed by atoms with Crippen molar-refractivity contribution in [2.45, 2.75) is 25.1 Å². The monoisotopic (exact) mass is 477 g/mol. The van der Waals surface area contributed by atoms with Crippen molar-refractivity contribution >= 4 is 52.6 Å². The van der Waals surface area contributed by atoms with Crippen molar-refractivity contribution in [3.05, 3.63) is 52.6 Å². The van der Waals surface area contributed by atoms with Crippen LogP contribution in [0.25, 0.3) is 11.7 Å². The quantitative estimate of drug-likeness (QED) is 0.327. The van der Waals surface area contributed by atoms with E-state index in [0.29, 0.717) is 10.7 Å². The summed E-state index contributed by atoms with van der Waals surface area (Å²) < 4.78 is 42.8. The van der Waals surface area contributed by atoms with E-state index in [4.69, 9.17) is 11.6 Å². The van der Waals surface area contributed by atoms with Gasteiger partial charge in [-0.05, 0) is 37.1 Å². The molecule has 2 fully saturated rings. The first-order valence-electron chi connectivity index (χ1n) is 9.81. The largest absolute Gasteiger partial charge is 0.435 e. The summed E-state index contributed by atoms with van der Waals surface area (Å²) in [6, 6.07) is 6.01. The molecular weight excluding hydrogens is 463 g/mol. The number of halogens is 4. The molecule has 2 aromatic heterocycles. The summed E-state index contributed by atoms with van der Waals surface area (Å²) in [4.78, 5) is 31.6. The van der Waals surface area contributed by atoms with Crippen LogP contribution in [-0.4, -0.2) is 32.3 Å². The smallest absolute Gasteiger partial charge is 0.364 e. The number of fused-ring (bicyclic) bond motifs is 1. The Hall–Kier alpha value is -3.80. The maximum absolute atomic E-state index is 13.9. The minimum Gasteiger partial charge on any atom is -0.364 e. The van der Waals surface area contributed by atoms with Gasteiger partial charge in [0.1, 0.15) is 11.5 Å². The molecule has 5 rings (SSSR count). The third-order valence-electron chi connectivity index (χ3n) is 4.93. The highest BCUT2D eigenvalue weighted by atomic mass is 35.5. The zero-order valence-electron chi connectivity index (χ0n) is 16.6. The maximum atomic E-state index is 13.9. The van der Waals surface area contributed by atoms with Crippen molar-refractivity contribution in [1.29, 1.82) is 0 Å². The Morgan fingerprint density at radius 1 is 1.18 bits per heavy atom. The van der Waals surface area contributed by atoms with Gasteiger partial charge in [-0.2, -0.15) is 13.2 Å². The van der Waals surface area contributed by atoms with Crippen LogP contribution >= 0.6 is 11.6 Å². The second-order valence-electron chi connectivity index (χ2n) is 7.53. The number of amides is 3. The van der Waals surface area contributed by atoms with Crippen LogP contribution in [0.4, 0.5) is 35.3 Å². The van der Waals surface area contributed by atoms with Gasteiger partial charge in [-0.25, -0.2) is 14.8 Å². The molecular formula is C20H15ClF3N7O2. The molecule has 0 radical (unpaired) electrons. The molecule has 9 nitrogen and oxygen atoms in total. The Balaban J connectivity index is 1.70. The first-order valence-corrected chi connectivity index (χ1v) is 10.2. The second-order valence-corrected chi connectivity index (χ2v) is 7.97. The lowest BCUT2D eigenvalue weighted by Crippen LogP contribution is -2.22. The van der Waals surface area contributed by atoms with Crippen LogP contribution in [0.1, 0.15) is 24.2 Å². The number of hydrogen-bond donors (Lipinski definition) is 4. The molecule has 0 atom stereocenters. The molecule has 0 spiro atoms. The zero-order chi connectivity index (χ0) is 23.3. The van der Waals surface area contributed by atoms with Gasteiger partial charge in [0.25, 0.3) is 5.91 Å². The van der Waals surface area contributed by atoms with Gasteiger partial charge in [0, 0.05) is 16.8 Å². The summed E-state index contributed by atoms with van der Waals surface area (Å²) in [5.74, 6) is -0.469. The lowest BCUT2D eigenvalue weighted by atomic mass is 10.2. The van der Waals surface area contributed by atoms with Crippen molar-refractivity contribution in [2.75, 3.05) is 10.6 Å². The Labute approximate surface area is 189 Å². The summed E-state index contributed by atoms with van der Waals surface area (Å²) in [6.45, 7) is 0. The number of nitrogens with one attached hydrogen (secondary N) is 4. The Morgan fingerprint density at radius 2 is 1.97 bits per heavy atom. The van der Waals surface area contributed by atoms with Crippen LogP contribution in [0.5, 0.6) is 0 Å². The minimum atomic E-state index is -4.82. The predicted molar refractivity (Wildman–Crippen MR) is 114 cm³/mol. The SMILES string of the molecule is O=C1NC(=O)C(=Cc2c(C(F)(F)F)nc3c(NC4CC4)nc(Nc4cccc(Cl)c4)cn23)N1. The molecule has 1 saturated carbocycles. The van der Waals surface area contributed by atoms with E-state index in [2.05, 4.69) is 25.9 Å². The lowest BCUT2D eigenvalue weighted by molar-refractivity contribution is -0.141. The van der Waals surface area contributed by atoms with Crippen molar-refractivity contribution in [2.24, 2.45) is 0 Å². The first kappa shape index (κ1) is 21.1. The van der Waals surface area contributed by atoms with Gasteiger partial charge in [-0.15, -0.1) is 0 Å². The molecule has 4 N–H and O–H groups in total. The van der Waals surface area contributed by atoms with Crippen molar-refractivity contribution in [1.82, 2.24) is 25.0 Å². The van der Waals surface area contributed by atoms with Crippen LogP contribution in [-0.2, 0) is 11.0 Å². The number of benzene rings is 1. The topological polar surface area (TPSA) is 112 Å². The average molecular weight is 478 g/mol. The molecule has 1 aromatic carbocycles. The summed E-state index contributed by atoms with van der Waals surface area (Å²) in [6.07, 6.45) is -0.842. The van der Waals surface area contributed by atoms with Crippen LogP contribution in [0.15, 0.2) is 36.2 Å². The maximum Gasteiger partial charge on any atom is 0.435 e. The normalized spacial score (nSPS) is 17.4. The van der Waals surface area contributed by atoms with Crippen LogP contribution in [0.2, 0.25) is 5.02 Å². The number of imidazole rings is 1. The molecule has 170 valence electrons. The summed E-state index contributed by atoms with van der Waals surface area (Å²) in [5, 5.41) is 10.7. The van der Waals surface area contributed by atoms with Gasteiger partial charge in [-0.1, -0.05) is 17.7 Å². The van der Waals surface area contributed by atoms with Gasteiger partial charge in [0.05, 0.1) is 11.9 Å². The number of anilines is 3. The van der Waals surface area contributed by atoms with Gasteiger partial charge < -0.3 is 16.0 Å². The Kier molecular flexibility index (Phi) is 4.89. The second kappa shape index (κ2) is 7.66. The van der Waals surface area contributed by atoms with Crippen LogP contribution in [0.3, 0.4) is 0 Å². The fourth-order valence-electron chi connectivity index (χ4n) is 3.32. The third-order valence-corrected chi connectivity index (χ3v) is 5.16. The number of nitrogens with zero attached hydrogens (tertiary/aromatic N) is 3. The van der Waals surface area contributed by atoms with E-state index in [1.807, 2.05) is 5.32 Å². The van der Waals surface area contributed by atoms with Gasteiger partial charge in [0.2, 0.25) is 0 Å². The van der Waals surface area contributed by atoms with Crippen molar-refractivity contribution in [3.8, 4) is 0 Å². The van der Waals surface area contributed by atoms with Gasteiger partial charge in [0.15, 0.2) is 17.2 Å². The summed E-state index contributed by atoms with van der Waals surface area (Å²) in [5.41, 5.74) is -1.47. The number of urea groups is 1. The molecule has 1 aliphatic carbocycles.